The third-order valence-electron chi connectivity index (χ3n) is 3.83. The smallest absolute Gasteiger partial charge is 0.304 e. The lowest BCUT2D eigenvalue weighted by atomic mass is 10.1. The van der Waals surface area contributed by atoms with Crippen molar-refractivity contribution in [2.24, 2.45) is 0 Å². The molecule has 26 heavy (non-hydrogen) atoms. The van der Waals surface area contributed by atoms with Crippen LogP contribution in [-0.4, -0.2) is 39.3 Å². The molecule has 0 aliphatic rings. The minimum absolute atomic E-state index is 0.230. The normalized spacial score (nSPS) is 12.7. The van der Waals surface area contributed by atoms with Crippen LogP contribution in [0.4, 0.5) is 5.69 Å². The molecule has 0 radical (unpaired) electrons. The van der Waals surface area contributed by atoms with Crippen LogP contribution in [0.15, 0.2) is 59.1 Å². The van der Waals surface area contributed by atoms with Gasteiger partial charge in [0.2, 0.25) is 5.91 Å². The van der Waals surface area contributed by atoms with Gasteiger partial charge in [0.05, 0.1) is 11.7 Å². The molecule has 0 bridgehead atoms. The molecule has 0 aliphatic carbocycles. The lowest BCUT2D eigenvalue weighted by molar-refractivity contribution is -0.120. The quantitative estimate of drug-likeness (QED) is 0.720. The van der Waals surface area contributed by atoms with E-state index in [4.69, 9.17) is 0 Å². The van der Waals surface area contributed by atoms with E-state index < -0.39 is 10.2 Å². The number of benzene rings is 2. The summed E-state index contributed by atoms with van der Waals surface area (Å²) in [6.07, 6.45) is 0. The lowest BCUT2D eigenvalue weighted by Gasteiger charge is -2.28. The molecule has 140 valence electrons. The molecule has 2 rings (SSSR count). The van der Waals surface area contributed by atoms with E-state index in [9.17, 15) is 13.2 Å². The number of hydrogen-bond donors (Lipinski definition) is 1. The van der Waals surface area contributed by atoms with Gasteiger partial charge in [0.15, 0.2) is 0 Å². The summed E-state index contributed by atoms with van der Waals surface area (Å²) in [4.78, 5) is 12.5. The monoisotopic (exact) mass is 439 g/mol. The maximum atomic E-state index is 12.7. The average molecular weight is 440 g/mol. The van der Waals surface area contributed by atoms with Crippen LogP contribution in [0.5, 0.6) is 0 Å². The van der Waals surface area contributed by atoms with Gasteiger partial charge < -0.3 is 5.32 Å². The number of nitrogens with one attached hydrogen (secondary N) is 1. The third kappa shape index (κ3) is 4.84. The van der Waals surface area contributed by atoms with Crippen molar-refractivity contribution < 1.29 is 13.2 Å². The Morgan fingerprint density at radius 2 is 1.65 bits per heavy atom. The van der Waals surface area contributed by atoms with E-state index in [0.29, 0.717) is 10.2 Å². The zero-order valence-electron chi connectivity index (χ0n) is 14.9. The average Bonchev–Trinajstić information content (AvgIpc) is 2.61. The molecule has 2 aromatic carbocycles. The van der Waals surface area contributed by atoms with Crippen LogP contribution < -0.4 is 9.62 Å². The van der Waals surface area contributed by atoms with Crippen LogP contribution in [0.3, 0.4) is 0 Å². The van der Waals surface area contributed by atoms with E-state index in [1.54, 1.807) is 24.3 Å². The maximum Gasteiger partial charge on any atom is 0.304 e. The van der Waals surface area contributed by atoms with Crippen LogP contribution in [0.2, 0.25) is 0 Å². The third-order valence-corrected chi connectivity index (χ3v) is 6.30. The topological polar surface area (TPSA) is 69.7 Å². The van der Waals surface area contributed by atoms with Gasteiger partial charge in [-0.15, -0.1) is 0 Å². The molecule has 2 aromatic rings. The van der Waals surface area contributed by atoms with E-state index in [-0.39, 0.29) is 18.5 Å². The predicted octanol–water partition coefficient (Wildman–Crippen LogP) is 2.94. The summed E-state index contributed by atoms with van der Waals surface area (Å²) in [7, 11) is -0.966. The first-order valence-electron chi connectivity index (χ1n) is 8.02. The van der Waals surface area contributed by atoms with Crippen LogP contribution in [0.1, 0.15) is 18.5 Å². The number of rotatable bonds is 7. The number of hydrogen-bond acceptors (Lipinski definition) is 3. The van der Waals surface area contributed by atoms with Gasteiger partial charge in [-0.05, 0) is 40.5 Å². The molecule has 0 fully saturated rings. The van der Waals surface area contributed by atoms with Crippen LogP contribution >= 0.6 is 15.9 Å². The second kappa shape index (κ2) is 8.66. The molecule has 6 nitrogen and oxygen atoms in total. The van der Waals surface area contributed by atoms with Gasteiger partial charge in [0.25, 0.3) is 0 Å². The van der Waals surface area contributed by atoms with Gasteiger partial charge in [0, 0.05) is 18.6 Å². The molecule has 0 unspecified atom stereocenters. The maximum absolute atomic E-state index is 12.7. The van der Waals surface area contributed by atoms with E-state index in [2.05, 4.69) is 21.2 Å². The highest BCUT2D eigenvalue weighted by molar-refractivity contribution is 9.10. The highest BCUT2D eigenvalue weighted by Crippen LogP contribution is 2.28. The Morgan fingerprint density at radius 3 is 2.23 bits per heavy atom. The minimum atomic E-state index is -3.83. The van der Waals surface area contributed by atoms with Crippen molar-refractivity contribution in [2.75, 3.05) is 24.9 Å². The SMILES string of the molecule is C[C@H](NC(=O)CN(c1ccccc1Br)S(=O)(=O)N(C)C)c1ccccc1. The molecule has 8 heteroatoms. The van der Waals surface area contributed by atoms with Crippen LogP contribution in [0, 0.1) is 0 Å². The largest absolute Gasteiger partial charge is 0.348 e. The fraction of sp³-hybridized carbons (Fsp3) is 0.278. The number of carbonyl (C=O) groups excluding carboxylic acids is 1. The first-order chi connectivity index (χ1) is 12.2. The highest BCUT2D eigenvalue weighted by atomic mass is 79.9. The summed E-state index contributed by atoms with van der Waals surface area (Å²) in [5, 5.41) is 2.85. The molecule has 0 heterocycles. The van der Waals surface area contributed by atoms with E-state index in [1.807, 2.05) is 37.3 Å². The Kier molecular flexibility index (Phi) is 6.80. The zero-order valence-corrected chi connectivity index (χ0v) is 17.3. The molecular weight excluding hydrogens is 418 g/mol. The standard InChI is InChI=1S/C18H22BrN3O3S/c1-14(15-9-5-4-6-10-15)20-18(23)13-22(26(24,25)21(2)3)17-12-8-7-11-16(17)19/h4-12,14H,13H2,1-3H3,(H,20,23)/t14-/m0/s1. The van der Waals surface area contributed by atoms with Crippen molar-refractivity contribution in [3.8, 4) is 0 Å². The fourth-order valence-electron chi connectivity index (χ4n) is 2.38. The Bertz CT molecular complexity index is 857. The number of carbonyl (C=O) groups is 1. The summed E-state index contributed by atoms with van der Waals surface area (Å²) >= 11 is 3.36. The molecule has 0 saturated carbocycles. The Hall–Kier alpha value is -1.90. The first-order valence-corrected chi connectivity index (χ1v) is 10.2. The summed E-state index contributed by atoms with van der Waals surface area (Å²) in [5.41, 5.74) is 1.35. The molecule has 1 N–H and O–H groups in total. The van der Waals surface area contributed by atoms with Crippen molar-refractivity contribution in [1.82, 2.24) is 9.62 Å². The molecule has 0 aromatic heterocycles. The second-order valence-corrected chi connectivity index (χ2v) is 8.87. The molecule has 0 saturated heterocycles. The molecule has 1 atom stereocenters. The number of amides is 1. The van der Waals surface area contributed by atoms with Crippen molar-refractivity contribution in [3.63, 3.8) is 0 Å². The van der Waals surface area contributed by atoms with E-state index in [1.165, 1.54) is 14.1 Å². The van der Waals surface area contributed by atoms with Crippen molar-refractivity contribution >= 4 is 37.7 Å². The Labute approximate surface area is 163 Å². The summed E-state index contributed by atoms with van der Waals surface area (Å²) < 4.78 is 28.2. The zero-order chi connectivity index (χ0) is 19.3. The van der Waals surface area contributed by atoms with E-state index in [0.717, 1.165) is 14.2 Å². The first kappa shape index (κ1) is 20.4. The predicted molar refractivity (Wildman–Crippen MR) is 107 cm³/mol. The van der Waals surface area contributed by atoms with Crippen LogP contribution in [-0.2, 0) is 15.0 Å². The molecule has 0 aliphatic heterocycles. The summed E-state index contributed by atoms with van der Waals surface area (Å²) in [6.45, 7) is 1.54. The fourth-order valence-corrected chi connectivity index (χ4v) is 4.08. The lowest BCUT2D eigenvalue weighted by Crippen LogP contribution is -2.46. The summed E-state index contributed by atoms with van der Waals surface area (Å²) in [6, 6.07) is 16.2. The van der Waals surface area contributed by atoms with Gasteiger partial charge in [-0.3, -0.25) is 4.79 Å². The highest BCUT2D eigenvalue weighted by Gasteiger charge is 2.29. The van der Waals surface area contributed by atoms with Crippen LogP contribution in [0.25, 0.3) is 0 Å². The van der Waals surface area contributed by atoms with Gasteiger partial charge in [-0.25, -0.2) is 4.31 Å². The van der Waals surface area contributed by atoms with E-state index >= 15 is 0 Å². The van der Waals surface area contributed by atoms with Crippen molar-refractivity contribution in [3.05, 3.63) is 64.6 Å². The van der Waals surface area contributed by atoms with Gasteiger partial charge in [-0.1, -0.05) is 42.5 Å². The number of anilines is 1. The van der Waals surface area contributed by atoms with Gasteiger partial charge >= 0.3 is 10.2 Å². The Balaban J connectivity index is 2.25. The van der Waals surface area contributed by atoms with Gasteiger partial charge in [0.1, 0.15) is 6.54 Å². The number of halogens is 1. The number of para-hydroxylation sites is 1. The molecular formula is C18H22BrN3O3S. The van der Waals surface area contributed by atoms with Gasteiger partial charge in [-0.2, -0.15) is 12.7 Å². The van der Waals surface area contributed by atoms with Crippen molar-refractivity contribution in [2.45, 2.75) is 13.0 Å². The summed E-state index contributed by atoms with van der Waals surface area (Å²) in [5.74, 6) is -0.387. The Morgan fingerprint density at radius 1 is 1.08 bits per heavy atom. The number of nitrogens with zero attached hydrogens (tertiary/aromatic N) is 2. The minimum Gasteiger partial charge on any atom is -0.348 e. The molecule has 0 spiro atoms. The molecule has 1 amide bonds. The second-order valence-electron chi connectivity index (χ2n) is 5.95. The van der Waals surface area contributed by atoms with Crippen molar-refractivity contribution in [1.29, 1.82) is 0 Å².